The van der Waals surface area contributed by atoms with Crippen molar-refractivity contribution in [3.05, 3.63) is 83.7 Å². The fraction of sp³-hybridized carbons (Fsp3) is 0.603. The van der Waals surface area contributed by atoms with Crippen LogP contribution in [0, 0.1) is 34.3 Å². The van der Waals surface area contributed by atoms with Gasteiger partial charge in [0, 0.05) is 79.8 Å². The minimum absolute atomic E-state index is 0.0366. The highest BCUT2D eigenvalue weighted by Crippen LogP contribution is 2.51. The molecule has 0 aliphatic heterocycles. The highest BCUT2D eigenvalue weighted by molar-refractivity contribution is 7.99. The Morgan fingerprint density at radius 1 is 0.800 bits per heavy atom. The van der Waals surface area contributed by atoms with E-state index in [0.717, 1.165) is 24.6 Å². The van der Waals surface area contributed by atoms with Gasteiger partial charge in [-0.05, 0) is 92.5 Å². The molecule has 2 aromatic carbocycles. The predicted octanol–water partition coefficient (Wildman–Crippen LogP) is 6.42. The zero-order valence-electron chi connectivity index (χ0n) is 47.8. The third-order valence-electron chi connectivity index (χ3n) is 12.6. The van der Waals surface area contributed by atoms with E-state index in [4.69, 9.17) is 34.9 Å². The first-order chi connectivity index (χ1) is 37.9. The Kier molecular flexibility index (Phi) is 34.1. The van der Waals surface area contributed by atoms with E-state index >= 15 is 0 Å². The molecule has 4 amide bonds. The van der Waals surface area contributed by atoms with Gasteiger partial charge in [-0.2, -0.15) is 11.8 Å². The summed E-state index contributed by atoms with van der Waals surface area (Å²) >= 11 is 1.28. The molecule has 4 rings (SSSR count). The number of nitrogens with two attached hydrogens (primary N) is 1. The number of thioether (sulfide) groups is 1. The Morgan fingerprint density at radius 3 is 1.99 bits per heavy atom. The van der Waals surface area contributed by atoms with Crippen molar-refractivity contribution in [1.29, 1.82) is 0 Å². The third-order valence-corrected chi connectivity index (χ3v) is 13.6. The van der Waals surface area contributed by atoms with Crippen LogP contribution in [0.1, 0.15) is 105 Å². The van der Waals surface area contributed by atoms with Crippen LogP contribution in [0.3, 0.4) is 0 Å². The zero-order chi connectivity index (χ0) is 59.5. The number of nitrogens with zero attached hydrogens (tertiary/aromatic N) is 1. The molecular weight excluding hydrogens is 1060 g/mol. The summed E-state index contributed by atoms with van der Waals surface area (Å²) in [6.07, 6.45) is 5.26. The van der Waals surface area contributed by atoms with Crippen molar-refractivity contribution in [1.82, 2.24) is 25.8 Å². The SMILES string of the molecule is CC(=O)CCOCCOCCOCCOCCNC(=O)CCNC(=O)C1(C)CC1C.CC(C)(C)Cc1cc(-c2cc(F)ccc2F)cn1Cc1ccccc1.CC(CCC(=O)O)C(=O)NC(CCSCC(=O)NCCCN)C(=O)O. The van der Waals surface area contributed by atoms with Crippen LogP contribution >= 0.6 is 11.8 Å². The smallest absolute Gasteiger partial charge is 0.326 e. The first-order valence-electron chi connectivity index (χ1n) is 27.3. The van der Waals surface area contributed by atoms with Crippen LogP contribution in [0.5, 0.6) is 0 Å². The minimum Gasteiger partial charge on any atom is -0.481 e. The molecule has 1 aliphatic carbocycles. The number of aromatic nitrogens is 1. The van der Waals surface area contributed by atoms with E-state index in [2.05, 4.69) is 65.7 Å². The molecule has 4 atom stereocenters. The first kappa shape index (κ1) is 70.3. The number of Topliss-reactive ketones (excluding diaryl/α,β-unsaturated/α-hetero) is 1. The predicted molar refractivity (Wildman–Crippen MR) is 304 cm³/mol. The van der Waals surface area contributed by atoms with E-state index < -0.39 is 41.4 Å². The maximum atomic E-state index is 14.2. The summed E-state index contributed by atoms with van der Waals surface area (Å²) in [6.45, 7) is 19.8. The average Bonchev–Trinajstić information content (AvgIpc) is 3.89. The Bertz CT molecular complexity index is 2350. The monoisotopic (exact) mass is 1150 g/mol. The number of nitrogens with one attached hydrogen (secondary N) is 4. The van der Waals surface area contributed by atoms with Gasteiger partial charge < -0.3 is 60.7 Å². The van der Waals surface area contributed by atoms with Crippen LogP contribution in [-0.4, -0.2) is 153 Å². The molecule has 1 saturated carbocycles. The van der Waals surface area contributed by atoms with E-state index in [1.807, 2.05) is 37.4 Å². The lowest BCUT2D eigenvalue weighted by Gasteiger charge is -2.19. The van der Waals surface area contributed by atoms with Gasteiger partial charge in [0.15, 0.2) is 0 Å². The number of benzene rings is 2. The van der Waals surface area contributed by atoms with Crippen LogP contribution in [0.4, 0.5) is 8.78 Å². The fourth-order valence-corrected chi connectivity index (χ4v) is 8.38. The Labute approximate surface area is 474 Å². The number of hydrogen-bond acceptors (Lipinski definition) is 13. The lowest BCUT2D eigenvalue weighted by Crippen LogP contribution is -2.43. The molecule has 8 N–H and O–H groups in total. The van der Waals surface area contributed by atoms with Crippen LogP contribution in [0.2, 0.25) is 0 Å². The molecule has 0 spiro atoms. The lowest BCUT2D eigenvalue weighted by molar-refractivity contribution is -0.143. The van der Waals surface area contributed by atoms with Gasteiger partial charge in [0.1, 0.15) is 23.5 Å². The summed E-state index contributed by atoms with van der Waals surface area (Å²) < 4.78 is 51.2. The summed E-state index contributed by atoms with van der Waals surface area (Å²) in [5.74, 6) is -3.14. The quantitative estimate of drug-likeness (QED) is 0.0307. The fourth-order valence-electron chi connectivity index (χ4n) is 7.54. The summed E-state index contributed by atoms with van der Waals surface area (Å²) in [7, 11) is 0. The van der Waals surface area contributed by atoms with E-state index in [9.17, 15) is 42.3 Å². The van der Waals surface area contributed by atoms with Crippen molar-refractivity contribution in [2.45, 2.75) is 112 Å². The summed E-state index contributed by atoms with van der Waals surface area (Å²) in [5, 5.41) is 28.5. The lowest BCUT2D eigenvalue weighted by atomic mass is 9.90. The van der Waals surface area contributed by atoms with Gasteiger partial charge >= 0.3 is 11.9 Å². The molecular formula is C58H88F2N6O13S. The van der Waals surface area contributed by atoms with Gasteiger partial charge in [0.05, 0.1) is 58.6 Å². The maximum absolute atomic E-state index is 14.2. The van der Waals surface area contributed by atoms with Gasteiger partial charge in [-0.3, -0.25) is 28.8 Å². The molecule has 1 heterocycles. The standard InChI is InChI=1S/C22H23F2N.C21H38N2O7.C15H27N3O6S/c1-22(2,3)13-19-11-17(20-12-18(23)9-10-21(20)24)15-25(19)14-16-7-5-4-6-8-16;1-17-16-21(17,3)20(26)23-6-4-19(25)22-7-9-28-11-13-30-15-14-29-12-10-27-8-5-18(2)24;1-10(3-4-13(20)21)14(22)18-11(15(23)24)5-8-25-9-12(19)17-7-2-6-16/h4-12,15H,13-14H2,1-3H3;17H,4-16H2,1-3H3,(H,22,25)(H,23,26);10-11H,2-9,16H2,1H3,(H,17,19)(H,18,22)(H,20,21)(H,23,24). The molecule has 22 heteroatoms. The van der Waals surface area contributed by atoms with Crippen LogP contribution in [0.15, 0.2) is 60.8 Å². The largest absolute Gasteiger partial charge is 0.481 e. The number of carboxylic acids is 2. The van der Waals surface area contributed by atoms with E-state index in [1.165, 1.54) is 36.4 Å². The van der Waals surface area contributed by atoms with Crippen LogP contribution in [-0.2, 0) is 65.5 Å². The van der Waals surface area contributed by atoms with Crippen molar-refractivity contribution in [2.24, 2.45) is 28.4 Å². The van der Waals surface area contributed by atoms with Gasteiger partial charge in [-0.1, -0.05) is 71.9 Å². The second kappa shape index (κ2) is 38.8. The third kappa shape index (κ3) is 31.3. The molecule has 0 bridgehead atoms. The molecule has 1 aromatic heterocycles. The Hall–Kier alpha value is -5.78. The topological polar surface area (TPSA) is 276 Å². The molecule has 4 unspecified atom stereocenters. The molecule has 1 fully saturated rings. The molecule has 19 nitrogen and oxygen atoms in total. The van der Waals surface area contributed by atoms with Gasteiger partial charge in [-0.25, -0.2) is 13.6 Å². The average molecular weight is 1150 g/mol. The number of ketones is 1. The first-order valence-corrected chi connectivity index (χ1v) is 28.4. The summed E-state index contributed by atoms with van der Waals surface area (Å²) in [4.78, 5) is 79.5. The maximum Gasteiger partial charge on any atom is 0.326 e. The minimum atomic E-state index is -1.16. The molecule has 448 valence electrons. The number of carbonyl (C=O) groups excluding carboxylic acids is 5. The number of amides is 4. The van der Waals surface area contributed by atoms with Crippen molar-refractivity contribution < 1.29 is 71.5 Å². The van der Waals surface area contributed by atoms with Crippen molar-refractivity contribution >= 4 is 53.1 Å². The second-order valence-electron chi connectivity index (χ2n) is 21.0. The van der Waals surface area contributed by atoms with E-state index in [-0.39, 0.29) is 65.8 Å². The summed E-state index contributed by atoms with van der Waals surface area (Å²) in [5.41, 5.74) is 8.50. The zero-order valence-corrected chi connectivity index (χ0v) is 48.7. The summed E-state index contributed by atoms with van der Waals surface area (Å²) in [6, 6.07) is 14.7. The van der Waals surface area contributed by atoms with Gasteiger partial charge in [0.2, 0.25) is 23.6 Å². The number of carboxylic acid groups (broad SMARTS) is 2. The molecule has 0 saturated heterocycles. The van der Waals surface area contributed by atoms with Crippen LogP contribution < -0.4 is 27.0 Å². The Balaban J connectivity index is 0.000000412. The number of aliphatic carboxylic acids is 2. The van der Waals surface area contributed by atoms with E-state index in [1.54, 1.807) is 6.92 Å². The van der Waals surface area contributed by atoms with Crippen molar-refractivity contribution in [3.63, 3.8) is 0 Å². The number of ether oxygens (including phenoxy) is 4. The van der Waals surface area contributed by atoms with Crippen molar-refractivity contribution in [2.75, 3.05) is 90.5 Å². The number of hydrogen-bond donors (Lipinski definition) is 7. The highest BCUT2D eigenvalue weighted by Gasteiger charge is 2.52. The highest BCUT2D eigenvalue weighted by atomic mass is 32.2. The molecule has 80 heavy (non-hydrogen) atoms. The second-order valence-corrected chi connectivity index (χ2v) is 22.1. The van der Waals surface area contributed by atoms with Gasteiger partial charge in [0.25, 0.3) is 0 Å². The van der Waals surface area contributed by atoms with E-state index in [0.29, 0.717) is 121 Å². The van der Waals surface area contributed by atoms with Gasteiger partial charge in [-0.15, -0.1) is 0 Å². The number of rotatable bonds is 37. The molecule has 0 radical (unpaired) electrons. The molecule has 3 aromatic rings. The van der Waals surface area contributed by atoms with Crippen molar-refractivity contribution in [3.8, 4) is 11.1 Å². The Morgan fingerprint density at radius 2 is 1.41 bits per heavy atom. The number of halogens is 2. The van der Waals surface area contributed by atoms with Crippen LogP contribution in [0.25, 0.3) is 11.1 Å². The normalized spacial score (nSPS) is 15.2. The molecule has 1 aliphatic rings. The number of carbonyl (C=O) groups is 7.